The molecular weight excluding hydrogens is 634 g/mol. The molecule has 258 valence electrons. The molecule has 0 saturated heterocycles. The third-order valence-electron chi connectivity index (χ3n) is 6.29. The Hall–Kier alpha value is -5.79. The number of benzene rings is 1. The number of rotatable bonds is 21. The molecule has 12 N–H and O–H groups in total. The van der Waals surface area contributed by atoms with Crippen LogP contribution in [0.5, 0.6) is 5.75 Å². The predicted octanol–water partition coefficient (Wildman–Crippen LogP) is -3.04. The molecule has 0 radical (unpaired) electrons. The predicted molar refractivity (Wildman–Crippen MR) is 153 cm³/mol. The summed E-state index contributed by atoms with van der Waals surface area (Å²) in [5.41, 5.74) is 5.81. The number of carbonyl (C=O) groups is 9. The van der Waals surface area contributed by atoms with Gasteiger partial charge in [-0.15, -0.1) is 0 Å². The van der Waals surface area contributed by atoms with Crippen LogP contribution in [0.1, 0.15) is 44.1 Å². The molecule has 0 spiro atoms. The molecule has 5 atom stereocenters. The minimum atomic E-state index is -1.92. The highest BCUT2D eigenvalue weighted by Crippen LogP contribution is 2.13. The van der Waals surface area contributed by atoms with Crippen LogP contribution in [-0.2, 0) is 49.6 Å². The molecule has 0 aliphatic carbocycles. The van der Waals surface area contributed by atoms with Gasteiger partial charge in [0.1, 0.15) is 29.9 Å². The monoisotopic (exact) mass is 669 g/mol. The highest BCUT2D eigenvalue weighted by atomic mass is 16.4. The fourth-order valence-electron chi connectivity index (χ4n) is 3.90. The lowest BCUT2D eigenvalue weighted by molar-refractivity contribution is -0.147. The first-order valence-electron chi connectivity index (χ1n) is 13.7. The van der Waals surface area contributed by atoms with Gasteiger partial charge in [-0.05, 0) is 30.5 Å². The lowest BCUT2D eigenvalue weighted by atomic mass is 10.0. The van der Waals surface area contributed by atoms with E-state index in [2.05, 4.69) is 16.0 Å². The zero-order valence-corrected chi connectivity index (χ0v) is 24.6. The quantitative estimate of drug-likeness (QED) is 0.0619. The van der Waals surface area contributed by atoms with Gasteiger partial charge >= 0.3 is 29.8 Å². The molecule has 0 fully saturated rings. The molecule has 0 saturated carbocycles. The number of phenols is 1. The molecular formula is C27H35N5O15. The Morgan fingerprint density at radius 2 is 0.957 bits per heavy atom. The van der Waals surface area contributed by atoms with Crippen molar-refractivity contribution in [1.29, 1.82) is 0 Å². The van der Waals surface area contributed by atoms with Crippen molar-refractivity contribution in [2.24, 2.45) is 5.73 Å². The van der Waals surface area contributed by atoms with E-state index in [-0.39, 0.29) is 12.2 Å². The van der Waals surface area contributed by atoms with Gasteiger partial charge < -0.3 is 57.6 Å². The topological polar surface area (TPSA) is 349 Å². The highest BCUT2D eigenvalue weighted by molar-refractivity contribution is 5.96. The Balaban J connectivity index is 3.34. The van der Waals surface area contributed by atoms with Gasteiger partial charge in [0.25, 0.3) is 0 Å². The number of carbonyl (C=O) groups excluding carboxylic acids is 4. The molecule has 0 aliphatic heterocycles. The third kappa shape index (κ3) is 15.2. The number of carboxylic acids is 5. The molecule has 0 aliphatic rings. The van der Waals surface area contributed by atoms with Crippen LogP contribution in [0, 0.1) is 0 Å². The fraction of sp³-hybridized carbons (Fsp3) is 0.444. The van der Waals surface area contributed by atoms with E-state index in [1.165, 1.54) is 24.3 Å². The first-order valence-corrected chi connectivity index (χ1v) is 13.7. The summed E-state index contributed by atoms with van der Waals surface area (Å²) in [6.07, 6.45) is -4.81. The Labute approximate surface area is 265 Å². The van der Waals surface area contributed by atoms with Gasteiger partial charge in [0, 0.05) is 19.3 Å². The molecule has 1 aromatic carbocycles. The van der Waals surface area contributed by atoms with Crippen molar-refractivity contribution in [1.82, 2.24) is 21.3 Å². The summed E-state index contributed by atoms with van der Waals surface area (Å²) in [5, 5.41) is 63.5. The number of amides is 4. The molecule has 1 aromatic rings. The van der Waals surface area contributed by atoms with Crippen molar-refractivity contribution >= 4 is 53.5 Å². The molecule has 1 rings (SSSR count). The van der Waals surface area contributed by atoms with Crippen LogP contribution in [0.25, 0.3) is 0 Å². The van der Waals surface area contributed by atoms with Crippen molar-refractivity contribution in [3.05, 3.63) is 29.8 Å². The van der Waals surface area contributed by atoms with Crippen molar-refractivity contribution < 1.29 is 73.8 Å². The summed E-state index contributed by atoms with van der Waals surface area (Å²) >= 11 is 0. The number of nitrogens with one attached hydrogen (secondary N) is 4. The van der Waals surface area contributed by atoms with Crippen molar-refractivity contribution in [3.8, 4) is 5.75 Å². The largest absolute Gasteiger partial charge is 0.508 e. The van der Waals surface area contributed by atoms with Crippen LogP contribution >= 0.6 is 0 Å². The number of aliphatic carboxylic acids is 5. The van der Waals surface area contributed by atoms with Crippen LogP contribution in [0.15, 0.2) is 24.3 Å². The number of hydrogen-bond acceptors (Lipinski definition) is 11. The summed E-state index contributed by atoms with van der Waals surface area (Å²) in [6, 6.07) is -3.49. The standard InChI is InChI=1S/C27H35N5O15/c28-14(10-21(38)39)23(42)29-15(5-7-19(34)35)24(43)30-16(6-8-20(36)37)25(44)31-17(9-12-1-3-13(33)4-2-12)26(45)32-18(27(46)47)11-22(40)41/h1-4,14-18,33H,5-11,28H2,(H,29,42)(H,30,43)(H,31,44)(H,32,45)(H,34,35)(H,36,37)(H,38,39)(H,40,41)(H,46,47)/t14-,15-,16-,17-,18-/m0/s1. The van der Waals surface area contributed by atoms with Crippen molar-refractivity contribution in [2.75, 3.05) is 0 Å². The molecule has 0 unspecified atom stereocenters. The average molecular weight is 670 g/mol. The Morgan fingerprint density at radius 3 is 1.38 bits per heavy atom. The van der Waals surface area contributed by atoms with E-state index >= 15 is 0 Å². The average Bonchev–Trinajstić information content (AvgIpc) is 2.96. The number of hydrogen-bond donors (Lipinski definition) is 11. The second kappa shape index (κ2) is 18.9. The Morgan fingerprint density at radius 1 is 0.553 bits per heavy atom. The van der Waals surface area contributed by atoms with E-state index < -0.39 is 122 Å². The molecule has 0 bridgehead atoms. The van der Waals surface area contributed by atoms with E-state index in [1.807, 2.05) is 5.32 Å². The van der Waals surface area contributed by atoms with E-state index in [1.54, 1.807) is 0 Å². The van der Waals surface area contributed by atoms with Crippen molar-refractivity contribution in [3.63, 3.8) is 0 Å². The molecule has 0 heterocycles. The van der Waals surface area contributed by atoms with E-state index in [4.69, 9.17) is 21.1 Å². The normalized spacial score (nSPS) is 13.8. The maximum atomic E-state index is 13.4. The molecule has 0 aromatic heterocycles. The van der Waals surface area contributed by atoms with Gasteiger partial charge in [-0.25, -0.2) is 4.79 Å². The van der Waals surface area contributed by atoms with E-state index in [9.17, 15) is 58.5 Å². The van der Waals surface area contributed by atoms with Crippen LogP contribution in [0.2, 0.25) is 0 Å². The lowest BCUT2D eigenvalue weighted by Crippen LogP contribution is -2.59. The van der Waals surface area contributed by atoms with Gasteiger partial charge in [-0.1, -0.05) is 12.1 Å². The summed E-state index contributed by atoms with van der Waals surface area (Å²) in [5.74, 6) is -12.4. The van der Waals surface area contributed by atoms with Gasteiger partial charge in [0.05, 0.1) is 18.9 Å². The molecule has 4 amide bonds. The van der Waals surface area contributed by atoms with Crippen LogP contribution in [-0.4, -0.2) is 114 Å². The molecule has 20 nitrogen and oxygen atoms in total. The lowest BCUT2D eigenvalue weighted by Gasteiger charge is -2.26. The van der Waals surface area contributed by atoms with Gasteiger partial charge in [-0.2, -0.15) is 0 Å². The van der Waals surface area contributed by atoms with Crippen molar-refractivity contribution in [2.45, 2.75) is 75.2 Å². The minimum Gasteiger partial charge on any atom is -0.508 e. The highest BCUT2D eigenvalue weighted by Gasteiger charge is 2.33. The van der Waals surface area contributed by atoms with Gasteiger partial charge in [0.2, 0.25) is 23.6 Å². The number of nitrogens with two attached hydrogens (primary N) is 1. The first-order chi connectivity index (χ1) is 21.9. The van der Waals surface area contributed by atoms with Crippen LogP contribution < -0.4 is 27.0 Å². The zero-order chi connectivity index (χ0) is 35.8. The summed E-state index contributed by atoms with van der Waals surface area (Å²) in [4.78, 5) is 108. The maximum Gasteiger partial charge on any atom is 0.326 e. The van der Waals surface area contributed by atoms with E-state index in [0.29, 0.717) is 5.56 Å². The first kappa shape index (κ1) is 39.2. The Kier molecular flexibility index (Phi) is 15.8. The number of aromatic hydroxyl groups is 1. The SMILES string of the molecule is N[C@@H](CC(=O)O)C(=O)N[C@@H](CCC(=O)O)C(=O)N[C@@H](CCC(=O)O)C(=O)N[C@@H](Cc1ccc(O)cc1)C(=O)N[C@@H](CC(=O)O)C(=O)O. The smallest absolute Gasteiger partial charge is 0.326 e. The summed E-state index contributed by atoms with van der Waals surface area (Å²) < 4.78 is 0. The summed E-state index contributed by atoms with van der Waals surface area (Å²) in [7, 11) is 0. The van der Waals surface area contributed by atoms with E-state index in [0.717, 1.165) is 0 Å². The zero-order valence-electron chi connectivity index (χ0n) is 24.6. The second-order valence-electron chi connectivity index (χ2n) is 10.1. The minimum absolute atomic E-state index is 0.156. The third-order valence-corrected chi connectivity index (χ3v) is 6.29. The number of phenolic OH excluding ortho intramolecular Hbond substituents is 1. The molecule has 20 heteroatoms. The summed E-state index contributed by atoms with van der Waals surface area (Å²) in [6.45, 7) is 0. The second-order valence-corrected chi connectivity index (χ2v) is 10.1. The number of carboxylic acid groups (broad SMARTS) is 5. The van der Waals surface area contributed by atoms with Crippen LogP contribution in [0.3, 0.4) is 0 Å². The van der Waals surface area contributed by atoms with Gasteiger partial charge in [-0.3, -0.25) is 38.4 Å². The Bertz CT molecular complexity index is 1350. The fourth-order valence-corrected chi connectivity index (χ4v) is 3.90. The van der Waals surface area contributed by atoms with Gasteiger partial charge in [0.15, 0.2) is 0 Å². The van der Waals surface area contributed by atoms with Crippen LogP contribution in [0.4, 0.5) is 0 Å². The maximum absolute atomic E-state index is 13.4. The molecule has 47 heavy (non-hydrogen) atoms.